The second-order valence-electron chi connectivity index (χ2n) is 4.22. The fourth-order valence-corrected chi connectivity index (χ4v) is 1.61. The van der Waals surface area contributed by atoms with Crippen LogP contribution in [0.25, 0.3) is 0 Å². The molecule has 0 spiro atoms. The van der Waals surface area contributed by atoms with E-state index in [9.17, 15) is 4.39 Å². The molecule has 0 aromatic heterocycles. The molecule has 1 aromatic rings. The highest BCUT2D eigenvalue weighted by Gasteiger charge is 2.12. The van der Waals surface area contributed by atoms with Crippen LogP contribution in [0.4, 0.5) is 4.39 Å². The second-order valence-corrected chi connectivity index (χ2v) is 4.22. The van der Waals surface area contributed by atoms with Gasteiger partial charge in [-0.25, -0.2) is 4.39 Å². The van der Waals surface area contributed by atoms with Gasteiger partial charge in [0.1, 0.15) is 0 Å². The van der Waals surface area contributed by atoms with Crippen molar-refractivity contribution in [2.24, 2.45) is 11.7 Å². The fraction of sp³-hybridized carbons (Fsp3) is 0.538. The maximum absolute atomic E-state index is 13.4. The van der Waals surface area contributed by atoms with E-state index in [1.54, 1.807) is 6.07 Å². The SMILES string of the molecule is CCC(C)C(N)Cc1ccc(OC)c(F)c1. The molecular weight excluding hydrogens is 205 g/mol. The van der Waals surface area contributed by atoms with E-state index < -0.39 is 0 Å². The van der Waals surface area contributed by atoms with Crippen molar-refractivity contribution in [2.45, 2.75) is 32.7 Å². The minimum Gasteiger partial charge on any atom is -0.494 e. The average molecular weight is 225 g/mol. The third kappa shape index (κ3) is 3.20. The van der Waals surface area contributed by atoms with Crippen LogP contribution in [-0.2, 0) is 6.42 Å². The first-order valence-electron chi connectivity index (χ1n) is 5.66. The number of hydrogen-bond donors (Lipinski definition) is 1. The average Bonchev–Trinajstić information content (AvgIpc) is 2.28. The topological polar surface area (TPSA) is 35.2 Å². The molecule has 1 rings (SSSR count). The zero-order chi connectivity index (χ0) is 12.1. The third-order valence-corrected chi connectivity index (χ3v) is 3.06. The molecule has 2 N–H and O–H groups in total. The molecule has 16 heavy (non-hydrogen) atoms. The molecule has 3 heteroatoms. The fourth-order valence-electron chi connectivity index (χ4n) is 1.61. The third-order valence-electron chi connectivity index (χ3n) is 3.06. The highest BCUT2D eigenvalue weighted by atomic mass is 19.1. The maximum Gasteiger partial charge on any atom is 0.165 e. The summed E-state index contributed by atoms with van der Waals surface area (Å²) in [6.07, 6.45) is 1.75. The van der Waals surface area contributed by atoms with E-state index in [1.807, 2.05) is 6.07 Å². The molecule has 2 nitrogen and oxygen atoms in total. The Balaban J connectivity index is 2.71. The van der Waals surface area contributed by atoms with Crippen LogP contribution in [-0.4, -0.2) is 13.2 Å². The zero-order valence-electron chi connectivity index (χ0n) is 10.2. The first-order chi connectivity index (χ1) is 7.58. The van der Waals surface area contributed by atoms with Gasteiger partial charge in [0.25, 0.3) is 0 Å². The number of hydrogen-bond acceptors (Lipinski definition) is 2. The van der Waals surface area contributed by atoms with Crippen LogP contribution >= 0.6 is 0 Å². The van der Waals surface area contributed by atoms with Gasteiger partial charge in [0.05, 0.1) is 7.11 Å². The quantitative estimate of drug-likeness (QED) is 0.836. The monoisotopic (exact) mass is 225 g/mol. The van der Waals surface area contributed by atoms with Crippen molar-refractivity contribution in [2.75, 3.05) is 7.11 Å². The van der Waals surface area contributed by atoms with Crippen molar-refractivity contribution in [3.63, 3.8) is 0 Å². The van der Waals surface area contributed by atoms with Crippen molar-refractivity contribution in [1.82, 2.24) is 0 Å². The Morgan fingerprint density at radius 1 is 1.44 bits per heavy atom. The minimum atomic E-state index is -0.323. The zero-order valence-corrected chi connectivity index (χ0v) is 10.2. The standard InChI is InChI=1S/C13H20FNO/c1-4-9(2)12(15)8-10-5-6-13(16-3)11(14)7-10/h5-7,9,12H,4,8,15H2,1-3H3. The van der Waals surface area contributed by atoms with Crippen LogP contribution in [0, 0.1) is 11.7 Å². The highest BCUT2D eigenvalue weighted by Crippen LogP contribution is 2.19. The lowest BCUT2D eigenvalue weighted by atomic mass is 9.94. The first-order valence-corrected chi connectivity index (χ1v) is 5.66. The Hall–Kier alpha value is -1.09. The van der Waals surface area contributed by atoms with Gasteiger partial charge in [0.15, 0.2) is 11.6 Å². The van der Waals surface area contributed by atoms with E-state index in [4.69, 9.17) is 10.5 Å². The number of rotatable bonds is 5. The molecule has 0 aliphatic rings. The van der Waals surface area contributed by atoms with Crippen LogP contribution in [0.2, 0.25) is 0 Å². The molecule has 0 saturated carbocycles. The van der Waals surface area contributed by atoms with Gasteiger partial charge in [-0.1, -0.05) is 26.3 Å². The van der Waals surface area contributed by atoms with Gasteiger partial charge < -0.3 is 10.5 Å². The predicted octanol–water partition coefficient (Wildman–Crippen LogP) is 2.75. The summed E-state index contributed by atoms with van der Waals surface area (Å²) >= 11 is 0. The molecule has 0 radical (unpaired) electrons. The highest BCUT2D eigenvalue weighted by molar-refractivity contribution is 5.29. The van der Waals surface area contributed by atoms with E-state index in [2.05, 4.69) is 13.8 Å². The van der Waals surface area contributed by atoms with Gasteiger partial charge in [-0.2, -0.15) is 0 Å². The number of halogens is 1. The van der Waals surface area contributed by atoms with Crippen LogP contribution in [0.15, 0.2) is 18.2 Å². The molecule has 90 valence electrons. The number of ether oxygens (including phenoxy) is 1. The number of benzene rings is 1. The Morgan fingerprint density at radius 2 is 2.12 bits per heavy atom. The van der Waals surface area contributed by atoms with Crippen LogP contribution < -0.4 is 10.5 Å². The first kappa shape index (κ1) is 13.0. The number of methoxy groups -OCH3 is 1. The summed E-state index contributed by atoms with van der Waals surface area (Å²) in [7, 11) is 1.46. The van der Waals surface area contributed by atoms with Crippen LogP contribution in [0.3, 0.4) is 0 Å². The Kier molecular flexibility index (Phi) is 4.74. The molecule has 0 aliphatic carbocycles. The van der Waals surface area contributed by atoms with E-state index in [0.717, 1.165) is 12.0 Å². The van der Waals surface area contributed by atoms with Crippen molar-refractivity contribution < 1.29 is 9.13 Å². The summed E-state index contributed by atoms with van der Waals surface area (Å²) in [5, 5.41) is 0. The summed E-state index contributed by atoms with van der Waals surface area (Å²) in [5.41, 5.74) is 6.95. The molecular formula is C13H20FNO. The van der Waals surface area contributed by atoms with Gasteiger partial charge in [-0.15, -0.1) is 0 Å². The van der Waals surface area contributed by atoms with E-state index >= 15 is 0 Å². The molecule has 2 atom stereocenters. The van der Waals surface area contributed by atoms with Gasteiger partial charge >= 0.3 is 0 Å². The molecule has 0 amide bonds. The summed E-state index contributed by atoms with van der Waals surface area (Å²) < 4.78 is 18.3. The normalized spacial score (nSPS) is 14.6. The molecule has 0 aliphatic heterocycles. The lowest BCUT2D eigenvalue weighted by Gasteiger charge is -2.18. The van der Waals surface area contributed by atoms with Crippen molar-refractivity contribution in [3.8, 4) is 5.75 Å². The van der Waals surface area contributed by atoms with E-state index in [-0.39, 0.29) is 17.6 Å². The lowest BCUT2D eigenvalue weighted by molar-refractivity contribution is 0.385. The Bertz CT molecular complexity index is 341. The minimum absolute atomic E-state index is 0.0813. The summed E-state index contributed by atoms with van der Waals surface area (Å²) in [6, 6.07) is 5.09. The second kappa shape index (κ2) is 5.85. The van der Waals surface area contributed by atoms with Gasteiger partial charge in [0.2, 0.25) is 0 Å². The molecule has 0 heterocycles. The van der Waals surface area contributed by atoms with Gasteiger partial charge in [0, 0.05) is 6.04 Å². The van der Waals surface area contributed by atoms with Gasteiger partial charge in [-0.3, -0.25) is 0 Å². The Morgan fingerprint density at radius 3 is 2.62 bits per heavy atom. The molecule has 0 saturated heterocycles. The van der Waals surface area contributed by atoms with E-state index in [1.165, 1.54) is 13.2 Å². The van der Waals surface area contributed by atoms with Crippen molar-refractivity contribution in [1.29, 1.82) is 0 Å². The largest absolute Gasteiger partial charge is 0.494 e. The summed E-state index contributed by atoms with van der Waals surface area (Å²) in [6.45, 7) is 4.23. The molecule has 0 fully saturated rings. The number of nitrogens with two attached hydrogens (primary N) is 1. The van der Waals surface area contributed by atoms with E-state index in [0.29, 0.717) is 12.3 Å². The molecule has 0 bridgehead atoms. The van der Waals surface area contributed by atoms with Crippen LogP contribution in [0.5, 0.6) is 5.75 Å². The van der Waals surface area contributed by atoms with Crippen molar-refractivity contribution >= 4 is 0 Å². The summed E-state index contributed by atoms with van der Waals surface area (Å²) in [5.74, 6) is 0.405. The van der Waals surface area contributed by atoms with Crippen LogP contribution in [0.1, 0.15) is 25.8 Å². The van der Waals surface area contributed by atoms with Gasteiger partial charge in [-0.05, 0) is 30.0 Å². The molecule has 1 aromatic carbocycles. The summed E-state index contributed by atoms with van der Waals surface area (Å²) in [4.78, 5) is 0. The lowest BCUT2D eigenvalue weighted by Crippen LogP contribution is -2.30. The van der Waals surface area contributed by atoms with Crippen molar-refractivity contribution in [3.05, 3.63) is 29.6 Å². The Labute approximate surface area is 96.6 Å². The molecule has 2 unspecified atom stereocenters. The maximum atomic E-state index is 13.4. The predicted molar refractivity (Wildman–Crippen MR) is 64.1 cm³/mol. The smallest absolute Gasteiger partial charge is 0.165 e.